The Hall–Kier alpha value is -2.38. The van der Waals surface area contributed by atoms with Crippen LogP contribution >= 0.6 is 11.6 Å². The Bertz CT molecular complexity index is 823. The molecule has 0 saturated carbocycles. The van der Waals surface area contributed by atoms with Crippen molar-refractivity contribution < 1.29 is 9.53 Å². The first-order chi connectivity index (χ1) is 12.9. The Morgan fingerprint density at radius 3 is 2.78 bits per heavy atom. The maximum absolute atomic E-state index is 12.2. The predicted octanol–water partition coefficient (Wildman–Crippen LogP) is 2.69. The van der Waals surface area contributed by atoms with Gasteiger partial charge in [-0.1, -0.05) is 17.7 Å². The van der Waals surface area contributed by atoms with E-state index in [-0.39, 0.29) is 17.9 Å². The molecule has 1 aliphatic rings. The second-order valence-electron chi connectivity index (χ2n) is 6.80. The van der Waals surface area contributed by atoms with Crippen molar-refractivity contribution in [1.29, 1.82) is 0 Å². The molecular formula is C19H24ClN5O2. The van der Waals surface area contributed by atoms with Crippen LogP contribution in [0.3, 0.4) is 0 Å². The van der Waals surface area contributed by atoms with Gasteiger partial charge in [-0.05, 0) is 31.0 Å². The average Bonchev–Trinajstić information content (AvgIpc) is 2.86. The molecule has 0 unspecified atom stereocenters. The minimum absolute atomic E-state index is 0.0865. The van der Waals surface area contributed by atoms with Gasteiger partial charge >= 0.3 is 0 Å². The molecule has 8 heteroatoms. The summed E-state index contributed by atoms with van der Waals surface area (Å²) in [7, 11) is 3.43. The number of rotatable bonds is 3. The highest BCUT2D eigenvalue weighted by Crippen LogP contribution is 2.33. The van der Waals surface area contributed by atoms with Crippen LogP contribution in [-0.4, -0.2) is 54.6 Å². The number of nitrogen functional groups attached to an aromatic ring is 1. The van der Waals surface area contributed by atoms with Gasteiger partial charge in [0.1, 0.15) is 5.82 Å². The average molecular weight is 390 g/mol. The van der Waals surface area contributed by atoms with E-state index in [0.717, 1.165) is 30.0 Å². The Morgan fingerprint density at radius 1 is 1.33 bits per heavy atom. The summed E-state index contributed by atoms with van der Waals surface area (Å²) in [5.74, 6) is 0.906. The first-order valence-electron chi connectivity index (χ1n) is 8.83. The number of anilines is 2. The van der Waals surface area contributed by atoms with Crippen molar-refractivity contribution in [3.05, 3.63) is 46.1 Å². The van der Waals surface area contributed by atoms with Crippen LogP contribution in [0, 0.1) is 6.92 Å². The predicted molar refractivity (Wildman–Crippen MR) is 106 cm³/mol. The summed E-state index contributed by atoms with van der Waals surface area (Å²) in [6.07, 6.45) is 0.869. The quantitative estimate of drug-likeness (QED) is 0.868. The van der Waals surface area contributed by atoms with Gasteiger partial charge in [-0.3, -0.25) is 4.79 Å². The minimum atomic E-state index is -0.128. The maximum Gasteiger partial charge on any atom is 0.253 e. The van der Waals surface area contributed by atoms with Gasteiger partial charge in [0, 0.05) is 49.6 Å². The van der Waals surface area contributed by atoms with Gasteiger partial charge in [0.2, 0.25) is 5.95 Å². The smallest absolute Gasteiger partial charge is 0.253 e. The molecule has 0 aliphatic carbocycles. The van der Waals surface area contributed by atoms with Crippen molar-refractivity contribution in [3.8, 4) is 0 Å². The number of benzene rings is 1. The molecule has 1 saturated heterocycles. The van der Waals surface area contributed by atoms with Crippen molar-refractivity contribution in [1.82, 2.24) is 14.9 Å². The summed E-state index contributed by atoms with van der Waals surface area (Å²) in [4.78, 5) is 24.4. The number of carbonyl (C=O) groups is 1. The number of nitrogens with zero attached hydrogens (tertiary/aromatic N) is 4. The zero-order valence-corrected chi connectivity index (χ0v) is 16.5. The zero-order valence-electron chi connectivity index (χ0n) is 15.8. The van der Waals surface area contributed by atoms with Crippen LogP contribution in [-0.2, 0) is 4.74 Å². The van der Waals surface area contributed by atoms with Crippen LogP contribution in [0.25, 0.3) is 0 Å². The van der Waals surface area contributed by atoms with Crippen molar-refractivity contribution in [3.63, 3.8) is 0 Å². The van der Waals surface area contributed by atoms with E-state index in [0.29, 0.717) is 23.8 Å². The molecule has 2 N–H and O–H groups in total. The standard InChI is InChI=1S/C19H24ClN5O2/c1-12-9-17(23-19(21)22-12)25-7-4-8-27-11-16(25)14-6-5-13(10-15(14)20)18(26)24(2)3/h5-6,9-10,16H,4,7-8,11H2,1-3H3,(H2,21,22,23)/t16-/m0/s1. The number of halogens is 1. The van der Waals surface area contributed by atoms with E-state index in [9.17, 15) is 4.79 Å². The van der Waals surface area contributed by atoms with Crippen LogP contribution in [0.15, 0.2) is 24.3 Å². The van der Waals surface area contributed by atoms with E-state index >= 15 is 0 Å². The van der Waals surface area contributed by atoms with Crippen LogP contribution in [0.5, 0.6) is 0 Å². The van der Waals surface area contributed by atoms with Crippen molar-refractivity contribution in [2.45, 2.75) is 19.4 Å². The molecule has 1 aromatic heterocycles. The highest BCUT2D eigenvalue weighted by atomic mass is 35.5. The molecule has 0 spiro atoms. The van der Waals surface area contributed by atoms with Gasteiger partial charge in [0.15, 0.2) is 0 Å². The third-order valence-electron chi connectivity index (χ3n) is 4.50. The number of ether oxygens (including phenoxy) is 1. The number of carbonyl (C=O) groups excluding carboxylic acids is 1. The maximum atomic E-state index is 12.2. The first kappa shape index (κ1) is 19.4. The summed E-state index contributed by atoms with van der Waals surface area (Å²) in [5.41, 5.74) is 8.10. The molecular weight excluding hydrogens is 366 g/mol. The highest BCUT2D eigenvalue weighted by Gasteiger charge is 2.27. The third-order valence-corrected chi connectivity index (χ3v) is 4.83. The Morgan fingerprint density at radius 2 is 2.11 bits per heavy atom. The fraction of sp³-hybridized carbons (Fsp3) is 0.421. The van der Waals surface area contributed by atoms with E-state index in [1.54, 1.807) is 26.2 Å². The van der Waals surface area contributed by atoms with E-state index in [2.05, 4.69) is 14.9 Å². The summed E-state index contributed by atoms with van der Waals surface area (Å²) >= 11 is 6.57. The number of aromatic nitrogens is 2. The van der Waals surface area contributed by atoms with Crippen molar-refractivity contribution in [2.75, 3.05) is 44.5 Å². The molecule has 2 aromatic rings. The van der Waals surface area contributed by atoms with E-state index in [4.69, 9.17) is 22.1 Å². The lowest BCUT2D eigenvalue weighted by Gasteiger charge is -2.31. The molecule has 0 radical (unpaired) electrons. The molecule has 3 rings (SSSR count). The number of hydrogen-bond donors (Lipinski definition) is 1. The molecule has 0 bridgehead atoms. The van der Waals surface area contributed by atoms with Crippen LogP contribution in [0.1, 0.15) is 34.1 Å². The topological polar surface area (TPSA) is 84.6 Å². The molecule has 1 aromatic carbocycles. The molecule has 144 valence electrons. The largest absolute Gasteiger partial charge is 0.379 e. The second-order valence-corrected chi connectivity index (χ2v) is 7.21. The number of aryl methyl sites for hydroxylation is 1. The summed E-state index contributed by atoms with van der Waals surface area (Å²) in [6.45, 7) is 3.79. The van der Waals surface area contributed by atoms with Gasteiger partial charge in [0.25, 0.3) is 5.91 Å². The van der Waals surface area contributed by atoms with Crippen molar-refractivity contribution >= 4 is 29.3 Å². The van der Waals surface area contributed by atoms with E-state index in [1.807, 2.05) is 19.1 Å². The monoisotopic (exact) mass is 389 g/mol. The normalized spacial score (nSPS) is 17.5. The fourth-order valence-electron chi connectivity index (χ4n) is 3.22. The van der Waals surface area contributed by atoms with E-state index < -0.39 is 0 Å². The Balaban J connectivity index is 1.99. The van der Waals surface area contributed by atoms with Gasteiger partial charge in [0.05, 0.1) is 12.6 Å². The van der Waals surface area contributed by atoms with Crippen molar-refractivity contribution in [2.24, 2.45) is 0 Å². The lowest BCUT2D eigenvalue weighted by Crippen LogP contribution is -2.32. The van der Waals surface area contributed by atoms with Gasteiger partial charge in [-0.25, -0.2) is 4.98 Å². The highest BCUT2D eigenvalue weighted by molar-refractivity contribution is 6.31. The van der Waals surface area contributed by atoms with Crippen LogP contribution in [0.2, 0.25) is 5.02 Å². The van der Waals surface area contributed by atoms with Gasteiger partial charge in [-0.15, -0.1) is 0 Å². The molecule has 7 nitrogen and oxygen atoms in total. The SMILES string of the molecule is Cc1cc(N2CCCOC[C@H]2c2ccc(C(=O)N(C)C)cc2Cl)nc(N)n1. The fourth-order valence-corrected chi connectivity index (χ4v) is 3.53. The first-order valence-corrected chi connectivity index (χ1v) is 9.21. The molecule has 2 heterocycles. The summed E-state index contributed by atoms with van der Waals surface area (Å²) in [5, 5.41) is 0.530. The Kier molecular flexibility index (Phi) is 5.82. The molecule has 27 heavy (non-hydrogen) atoms. The van der Waals surface area contributed by atoms with E-state index in [1.165, 1.54) is 4.90 Å². The zero-order chi connectivity index (χ0) is 19.6. The molecule has 1 amide bonds. The molecule has 1 atom stereocenters. The van der Waals surface area contributed by atoms with Crippen LogP contribution < -0.4 is 10.6 Å². The summed E-state index contributed by atoms with van der Waals surface area (Å²) < 4.78 is 5.79. The third kappa shape index (κ3) is 4.31. The number of nitrogens with two attached hydrogens (primary N) is 1. The Labute approximate surface area is 164 Å². The lowest BCUT2D eigenvalue weighted by atomic mass is 10.0. The minimum Gasteiger partial charge on any atom is -0.379 e. The molecule has 1 aliphatic heterocycles. The summed E-state index contributed by atoms with van der Waals surface area (Å²) in [6, 6.07) is 7.18. The van der Waals surface area contributed by atoms with Gasteiger partial charge < -0.3 is 20.3 Å². The lowest BCUT2D eigenvalue weighted by molar-refractivity contribution is 0.0827. The van der Waals surface area contributed by atoms with Gasteiger partial charge in [-0.2, -0.15) is 4.98 Å². The second kappa shape index (κ2) is 8.10. The number of amides is 1. The number of hydrogen-bond acceptors (Lipinski definition) is 6. The molecule has 1 fully saturated rings. The van der Waals surface area contributed by atoms with Crippen LogP contribution in [0.4, 0.5) is 11.8 Å².